The summed E-state index contributed by atoms with van der Waals surface area (Å²) >= 11 is 0. The lowest BCUT2D eigenvalue weighted by molar-refractivity contribution is -0.141. The average molecular weight is 189 g/mol. The van der Waals surface area contributed by atoms with Crippen LogP contribution in [0.15, 0.2) is 0 Å². The molecule has 13 heavy (non-hydrogen) atoms. The summed E-state index contributed by atoms with van der Waals surface area (Å²) in [7, 11) is 1.85. The summed E-state index contributed by atoms with van der Waals surface area (Å²) in [6.45, 7) is 0.965. The number of aliphatic hydroxyl groups is 1. The lowest BCUT2D eigenvalue weighted by atomic mass is 10.1. The van der Waals surface area contributed by atoms with Crippen molar-refractivity contribution in [1.29, 1.82) is 0 Å². The molecule has 0 amide bonds. The molecule has 76 valence electrons. The minimum Gasteiger partial charge on any atom is -0.481 e. The number of nitrogens with zero attached hydrogens (tertiary/aromatic N) is 1. The van der Waals surface area contributed by atoms with Gasteiger partial charge in [0.1, 0.15) is 0 Å². The lowest BCUT2D eigenvalue weighted by Gasteiger charge is -2.35. The summed E-state index contributed by atoms with van der Waals surface area (Å²) in [6.07, 6.45) is -0.0793. The molecule has 1 aliphatic rings. The smallest absolute Gasteiger partial charge is 0.305 e. The van der Waals surface area contributed by atoms with Gasteiger partial charge in [0.2, 0.25) is 0 Å². The molecule has 1 heterocycles. The van der Waals surface area contributed by atoms with Crippen LogP contribution in [-0.4, -0.2) is 60.0 Å². The quantitative estimate of drug-likeness (QED) is 0.605. The van der Waals surface area contributed by atoms with Gasteiger partial charge in [0, 0.05) is 12.6 Å². The van der Waals surface area contributed by atoms with Gasteiger partial charge in [-0.1, -0.05) is 0 Å². The number of likely N-dealkylation sites (N-methyl/N-ethyl adjacent to an activating group) is 1. The van der Waals surface area contributed by atoms with Crippen molar-refractivity contribution in [1.82, 2.24) is 4.90 Å². The maximum Gasteiger partial charge on any atom is 0.305 e. The van der Waals surface area contributed by atoms with E-state index in [9.17, 15) is 4.79 Å². The topological polar surface area (TPSA) is 70.0 Å². The van der Waals surface area contributed by atoms with Crippen LogP contribution in [0, 0.1) is 0 Å². The lowest BCUT2D eigenvalue weighted by Crippen LogP contribution is -2.49. The van der Waals surface area contributed by atoms with Gasteiger partial charge in [0.25, 0.3) is 0 Å². The molecule has 0 bridgehead atoms. The number of rotatable bonds is 3. The predicted molar refractivity (Wildman–Crippen MR) is 45.5 cm³/mol. The van der Waals surface area contributed by atoms with E-state index in [1.165, 1.54) is 0 Å². The summed E-state index contributed by atoms with van der Waals surface area (Å²) in [5.74, 6) is -0.817. The second-order valence-electron chi connectivity index (χ2n) is 3.33. The predicted octanol–water partition coefficient (Wildman–Crippen LogP) is -0.847. The van der Waals surface area contributed by atoms with Crippen LogP contribution in [0.3, 0.4) is 0 Å². The van der Waals surface area contributed by atoms with Crippen molar-refractivity contribution in [3.63, 3.8) is 0 Å². The van der Waals surface area contributed by atoms with E-state index in [-0.39, 0.29) is 25.2 Å². The van der Waals surface area contributed by atoms with Gasteiger partial charge < -0.3 is 14.9 Å². The summed E-state index contributed by atoms with van der Waals surface area (Å²) in [4.78, 5) is 12.3. The van der Waals surface area contributed by atoms with Crippen molar-refractivity contribution in [3.05, 3.63) is 0 Å². The van der Waals surface area contributed by atoms with Crippen LogP contribution in [0.1, 0.15) is 6.42 Å². The van der Waals surface area contributed by atoms with Crippen molar-refractivity contribution in [3.8, 4) is 0 Å². The molecular weight excluding hydrogens is 174 g/mol. The van der Waals surface area contributed by atoms with Crippen molar-refractivity contribution >= 4 is 5.97 Å². The van der Waals surface area contributed by atoms with Gasteiger partial charge in [0.15, 0.2) is 0 Å². The fourth-order valence-electron chi connectivity index (χ4n) is 1.42. The highest BCUT2D eigenvalue weighted by molar-refractivity contribution is 5.67. The number of morpholine rings is 1. The maximum atomic E-state index is 10.4. The second kappa shape index (κ2) is 4.55. The Balaban J connectivity index is 2.39. The summed E-state index contributed by atoms with van der Waals surface area (Å²) in [5.41, 5.74) is 0. The molecule has 0 aromatic heterocycles. The normalized spacial score (nSPS) is 30.3. The Kier molecular flexibility index (Phi) is 3.65. The first-order chi connectivity index (χ1) is 6.13. The number of ether oxygens (including phenoxy) is 1. The number of aliphatic carboxylic acids is 1. The van der Waals surface area contributed by atoms with Gasteiger partial charge in [-0.15, -0.1) is 0 Å². The fourth-order valence-corrected chi connectivity index (χ4v) is 1.42. The van der Waals surface area contributed by atoms with Crippen LogP contribution >= 0.6 is 0 Å². The summed E-state index contributed by atoms with van der Waals surface area (Å²) in [6, 6.07) is -0.0692. The minimum atomic E-state index is -0.817. The third-order valence-electron chi connectivity index (χ3n) is 2.25. The van der Waals surface area contributed by atoms with Crippen LogP contribution in [0.4, 0.5) is 0 Å². The van der Waals surface area contributed by atoms with Gasteiger partial charge >= 0.3 is 5.97 Å². The van der Waals surface area contributed by atoms with E-state index in [1.54, 1.807) is 0 Å². The number of aliphatic hydroxyl groups excluding tert-OH is 1. The van der Waals surface area contributed by atoms with Crippen LogP contribution in [0.2, 0.25) is 0 Å². The van der Waals surface area contributed by atoms with Crippen molar-refractivity contribution < 1.29 is 19.7 Å². The Morgan fingerprint density at radius 3 is 2.85 bits per heavy atom. The summed E-state index contributed by atoms with van der Waals surface area (Å²) < 4.78 is 5.26. The molecule has 0 spiro atoms. The van der Waals surface area contributed by atoms with Crippen molar-refractivity contribution in [2.24, 2.45) is 0 Å². The molecule has 2 unspecified atom stereocenters. The zero-order valence-electron chi connectivity index (χ0n) is 7.64. The molecule has 2 N–H and O–H groups in total. The fraction of sp³-hybridized carbons (Fsp3) is 0.875. The Labute approximate surface area is 76.9 Å². The highest BCUT2D eigenvalue weighted by Gasteiger charge is 2.27. The van der Waals surface area contributed by atoms with Gasteiger partial charge in [-0.3, -0.25) is 9.69 Å². The van der Waals surface area contributed by atoms with Crippen LogP contribution in [0.25, 0.3) is 0 Å². The second-order valence-corrected chi connectivity index (χ2v) is 3.33. The Hall–Kier alpha value is -0.650. The Morgan fingerprint density at radius 1 is 1.69 bits per heavy atom. The van der Waals surface area contributed by atoms with E-state index in [4.69, 9.17) is 14.9 Å². The number of hydrogen-bond acceptors (Lipinski definition) is 4. The Bertz CT molecular complexity index is 185. The first-order valence-corrected chi connectivity index (χ1v) is 4.28. The molecular formula is C8H15NO4. The number of carboxylic acids is 1. The molecule has 1 fully saturated rings. The van der Waals surface area contributed by atoms with E-state index < -0.39 is 5.97 Å². The molecule has 5 heteroatoms. The molecule has 5 nitrogen and oxygen atoms in total. The van der Waals surface area contributed by atoms with E-state index in [2.05, 4.69) is 0 Å². The maximum absolute atomic E-state index is 10.4. The van der Waals surface area contributed by atoms with E-state index in [0.29, 0.717) is 13.2 Å². The standard InChI is InChI=1S/C8H15NO4/c1-9-3-7(4-10)13-5-6(9)2-8(11)12/h6-7,10H,2-5H2,1H3,(H,11,12). The molecule has 0 radical (unpaired) electrons. The van der Waals surface area contributed by atoms with Crippen LogP contribution in [0.5, 0.6) is 0 Å². The first kappa shape index (κ1) is 10.4. The molecule has 2 atom stereocenters. The average Bonchev–Trinajstić information content (AvgIpc) is 2.08. The van der Waals surface area contributed by atoms with Crippen LogP contribution < -0.4 is 0 Å². The molecule has 0 aromatic carbocycles. The largest absolute Gasteiger partial charge is 0.481 e. The monoisotopic (exact) mass is 189 g/mol. The van der Waals surface area contributed by atoms with Crippen molar-refractivity contribution in [2.75, 3.05) is 26.8 Å². The summed E-state index contributed by atoms with van der Waals surface area (Å²) in [5, 5.41) is 17.4. The highest BCUT2D eigenvalue weighted by atomic mass is 16.5. The number of carboxylic acid groups (broad SMARTS) is 1. The highest BCUT2D eigenvalue weighted by Crippen LogP contribution is 2.12. The van der Waals surface area contributed by atoms with Gasteiger partial charge in [-0.05, 0) is 7.05 Å². The van der Waals surface area contributed by atoms with E-state index in [0.717, 1.165) is 0 Å². The third-order valence-corrected chi connectivity index (χ3v) is 2.25. The third kappa shape index (κ3) is 2.95. The SMILES string of the molecule is CN1CC(CO)OCC1CC(=O)O. The van der Waals surface area contributed by atoms with Crippen molar-refractivity contribution in [2.45, 2.75) is 18.6 Å². The van der Waals surface area contributed by atoms with Gasteiger partial charge in [-0.2, -0.15) is 0 Å². The van der Waals surface area contributed by atoms with Crippen LogP contribution in [-0.2, 0) is 9.53 Å². The minimum absolute atomic E-state index is 0.00979. The molecule has 0 aromatic rings. The Morgan fingerprint density at radius 2 is 2.38 bits per heavy atom. The number of hydrogen-bond donors (Lipinski definition) is 2. The van der Waals surface area contributed by atoms with Gasteiger partial charge in [-0.25, -0.2) is 0 Å². The zero-order chi connectivity index (χ0) is 9.84. The van der Waals surface area contributed by atoms with Gasteiger partial charge in [0.05, 0.1) is 25.7 Å². The zero-order valence-corrected chi connectivity index (χ0v) is 7.64. The molecule has 1 aliphatic heterocycles. The molecule has 1 saturated heterocycles. The van der Waals surface area contributed by atoms with E-state index in [1.807, 2.05) is 11.9 Å². The number of carbonyl (C=O) groups is 1. The molecule has 0 saturated carbocycles. The first-order valence-electron chi connectivity index (χ1n) is 4.28. The molecule has 1 rings (SSSR count). The molecule has 0 aliphatic carbocycles. The van der Waals surface area contributed by atoms with E-state index >= 15 is 0 Å².